The van der Waals surface area contributed by atoms with Crippen LogP contribution in [0, 0.1) is 0 Å². The number of imidazole rings is 1. The van der Waals surface area contributed by atoms with Crippen LogP contribution in [0.5, 0.6) is 0 Å². The molecule has 8 nitrogen and oxygen atoms in total. The molecule has 3 aromatic rings. The number of benzene rings is 1. The third-order valence-corrected chi connectivity index (χ3v) is 7.21. The zero-order chi connectivity index (χ0) is 24.9. The van der Waals surface area contributed by atoms with Crippen molar-refractivity contribution < 1.29 is 22.8 Å². The number of aromatic nitrogens is 3. The molecule has 0 spiro atoms. The van der Waals surface area contributed by atoms with Crippen LogP contribution < -0.4 is 0 Å². The third kappa shape index (κ3) is 4.40. The summed E-state index contributed by atoms with van der Waals surface area (Å²) < 4.78 is 41.6. The summed E-state index contributed by atoms with van der Waals surface area (Å²) >= 11 is 1.39. The van der Waals surface area contributed by atoms with E-state index in [4.69, 9.17) is 0 Å². The summed E-state index contributed by atoms with van der Waals surface area (Å²) in [6, 6.07) is 4.34. The first-order valence-electron chi connectivity index (χ1n) is 11.4. The number of likely N-dealkylation sites (tertiary alicyclic amines) is 1. The van der Waals surface area contributed by atoms with Crippen LogP contribution in [0.25, 0.3) is 11.0 Å². The highest BCUT2D eigenvalue weighted by Gasteiger charge is 2.39. The second-order valence-corrected chi connectivity index (χ2v) is 9.88. The van der Waals surface area contributed by atoms with E-state index >= 15 is 0 Å². The van der Waals surface area contributed by atoms with E-state index in [0.29, 0.717) is 43.0 Å². The summed E-state index contributed by atoms with van der Waals surface area (Å²) in [6.45, 7) is 7.10. The summed E-state index contributed by atoms with van der Waals surface area (Å²) in [7, 11) is 0. The fraction of sp³-hybridized carbons (Fsp3) is 0.478. The Morgan fingerprint density at radius 2 is 1.77 bits per heavy atom. The molecule has 0 N–H and O–H groups in total. The van der Waals surface area contributed by atoms with Gasteiger partial charge in [-0.3, -0.25) is 14.5 Å². The van der Waals surface area contributed by atoms with E-state index < -0.39 is 18.0 Å². The lowest BCUT2D eigenvalue weighted by Crippen LogP contribution is -2.64. The number of fused-ring (bicyclic) bond motifs is 1. The van der Waals surface area contributed by atoms with Gasteiger partial charge in [0.2, 0.25) is 5.82 Å². The normalized spacial score (nSPS) is 17.9. The number of alkyl halides is 3. The molecule has 0 bridgehead atoms. The Balaban J connectivity index is 1.21. The van der Waals surface area contributed by atoms with Gasteiger partial charge >= 0.3 is 6.18 Å². The van der Waals surface area contributed by atoms with E-state index in [-0.39, 0.29) is 23.4 Å². The molecule has 0 aliphatic carbocycles. The van der Waals surface area contributed by atoms with Crippen LogP contribution in [-0.4, -0.2) is 86.4 Å². The molecule has 186 valence electrons. The van der Waals surface area contributed by atoms with Crippen LogP contribution in [0.3, 0.4) is 0 Å². The van der Waals surface area contributed by atoms with Crippen molar-refractivity contribution in [1.82, 2.24) is 29.2 Å². The van der Waals surface area contributed by atoms with Crippen molar-refractivity contribution in [3.8, 4) is 0 Å². The number of amides is 2. The molecule has 35 heavy (non-hydrogen) atoms. The Morgan fingerprint density at radius 1 is 1.06 bits per heavy atom. The number of carbonyl (C=O) groups is 2. The van der Waals surface area contributed by atoms with Gasteiger partial charge in [-0.15, -0.1) is 11.3 Å². The molecular formula is C23H25F3N6O2S. The van der Waals surface area contributed by atoms with Crippen molar-refractivity contribution in [2.75, 3.05) is 39.3 Å². The van der Waals surface area contributed by atoms with Crippen LogP contribution >= 0.6 is 11.3 Å². The van der Waals surface area contributed by atoms with Gasteiger partial charge < -0.3 is 14.4 Å². The van der Waals surface area contributed by atoms with Crippen LogP contribution in [0.15, 0.2) is 29.1 Å². The molecule has 4 heterocycles. The first-order chi connectivity index (χ1) is 16.6. The predicted octanol–water partition coefficient (Wildman–Crippen LogP) is 3.37. The lowest BCUT2D eigenvalue weighted by Gasteiger charge is -2.48. The molecule has 2 fully saturated rings. The first-order valence-corrected chi connectivity index (χ1v) is 12.4. The van der Waals surface area contributed by atoms with E-state index in [1.165, 1.54) is 17.4 Å². The maximum atomic E-state index is 13.5. The number of hydrogen-bond donors (Lipinski definition) is 0. The lowest BCUT2D eigenvalue weighted by atomic mass is 10.0. The second kappa shape index (κ2) is 8.90. The number of rotatable bonds is 4. The van der Waals surface area contributed by atoms with Gasteiger partial charge in [0.05, 0.1) is 16.5 Å². The maximum absolute atomic E-state index is 13.5. The Hall–Kier alpha value is -2.99. The topological polar surface area (TPSA) is 74.6 Å². The highest BCUT2D eigenvalue weighted by molar-refractivity contribution is 7.07. The van der Waals surface area contributed by atoms with Gasteiger partial charge in [-0.05, 0) is 32.0 Å². The van der Waals surface area contributed by atoms with Crippen LogP contribution in [-0.2, 0) is 6.18 Å². The minimum atomic E-state index is -4.58. The van der Waals surface area contributed by atoms with Gasteiger partial charge in [-0.1, -0.05) is 0 Å². The summed E-state index contributed by atoms with van der Waals surface area (Å²) in [4.78, 5) is 39.1. The average Bonchev–Trinajstić information content (AvgIpc) is 3.45. The molecule has 0 radical (unpaired) electrons. The largest absolute Gasteiger partial charge is 0.449 e. The van der Waals surface area contributed by atoms with Crippen LogP contribution in [0.4, 0.5) is 13.2 Å². The molecule has 0 atom stereocenters. The molecule has 5 rings (SSSR count). The molecule has 2 saturated heterocycles. The molecule has 12 heteroatoms. The summed E-state index contributed by atoms with van der Waals surface area (Å²) in [5.41, 5.74) is 2.97. The fourth-order valence-corrected chi connectivity index (χ4v) is 5.29. The van der Waals surface area contributed by atoms with Gasteiger partial charge in [0, 0.05) is 62.3 Å². The number of piperazine rings is 1. The first kappa shape index (κ1) is 23.7. The van der Waals surface area contributed by atoms with Crippen molar-refractivity contribution >= 4 is 34.2 Å². The van der Waals surface area contributed by atoms with Gasteiger partial charge in [0.15, 0.2) is 0 Å². The summed E-state index contributed by atoms with van der Waals surface area (Å²) in [5, 5.41) is 1.75. The van der Waals surface area contributed by atoms with Crippen molar-refractivity contribution in [1.29, 1.82) is 0 Å². The molecule has 1 aromatic carbocycles. The molecule has 2 amide bonds. The molecule has 2 aromatic heterocycles. The van der Waals surface area contributed by atoms with Crippen molar-refractivity contribution in [2.24, 2.45) is 0 Å². The zero-order valence-corrected chi connectivity index (χ0v) is 20.1. The molecule has 2 aliphatic heterocycles. The number of carbonyl (C=O) groups excluding carboxylic acids is 2. The standard InChI is InChI=1S/C23H25F3N6O2S/c1-14(2)32-19-4-3-15(9-17(19)28-22(32)23(24,25)26)20(33)31-10-16(11-31)29-5-7-30(8-6-29)21(34)18-12-35-13-27-18/h3-4,9,12-14,16H,5-8,10-11H2,1-2H3. The molecule has 2 aliphatic rings. The SMILES string of the molecule is CC(C)n1c(C(F)(F)F)nc2cc(C(=O)N3CC(N4CCN(C(=O)c5cscn5)CC4)C3)ccc21. The van der Waals surface area contributed by atoms with Crippen molar-refractivity contribution in [3.63, 3.8) is 0 Å². The smallest absolute Gasteiger partial charge is 0.335 e. The van der Waals surface area contributed by atoms with Crippen LogP contribution in [0.1, 0.15) is 46.6 Å². The van der Waals surface area contributed by atoms with Crippen molar-refractivity contribution in [3.05, 3.63) is 46.2 Å². The van der Waals surface area contributed by atoms with Gasteiger partial charge in [-0.2, -0.15) is 13.2 Å². The van der Waals surface area contributed by atoms with Gasteiger partial charge in [0.1, 0.15) is 5.69 Å². The van der Waals surface area contributed by atoms with Gasteiger partial charge in [0.25, 0.3) is 11.8 Å². The fourth-order valence-electron chi connectivity index (χ4n) is 4.76. The highest BCUT2D eigenvalue weighted by atomic mass is 32.1. The second-order valence-electron chi connectivity index (χ2n) is 9.17. The minimum Gasteiger partial charge on any atom is -0.335 e. The highest BCUT2D eigenvalue weighted by Crippen LogP contribution is 2.34. The number of hydrogen-bond acceptors (Lipinski definition) is 6. The Morgan fingerprint density at radius 3 is 2.37 bits per heavy atom. The van der Waals surface area contributed by atoms with E-state index in [0.717, 1.165) is 17.7 Å². The maximum Gasteiger partial charge on any atom is 0.449 e. The monoisotopic (exact) mass is 506 g/mol. The predicted molar refractivity (Wildman–Crippen MR) is 124 cm³/mol. The Labute approximate surface area is 204 Å². The number of thiazole rings is 1. The van der Waals surface area contributed by atoms with E-state index in [1.54, 1.807) is 46.7 Å². The molecule has 0 unspecified atom stereocenters. The van der Waals surface area contributed by atoms with E-state index in [9.17, 15) is 22.8 Å². The molecule has 0 saturated carbocycles. The van der Waals surface area contributed by atoms with Crippen molar-refractivity contribution in [2.45, 2.75) is 32.1 Å². The third-order valence-electron chi connectivity index (χ3n) is 6.63. The van der Waals surface area contributed by atoms with Gasteiger partial charge in [-0.25, -0.2) is 9.97 Å². The quantitative estimate of drug-likeness (QED) is 0.543. The van der Waals surface area contributed by atoms with E-state index in [1.807, 2.05) is 0 Å². The number of halogens is 3. The summed E-state index contributed by atoms with van der Waals surface area (Å²) in [6.07, 6.45) is -4.58. The molecular weight excluding hydrogens is 481 g/mol. The van der Waals surface area contributed by atoms with E-state index in [2.05, 4.69) is 14.9 Å². The Kier molecular flexibility index (Phi) is 6.04. The minimum absolute atomic E-state index is 0.0553. The number of nitrogens with zero attached hydrogens (tertiary/aromatic N) is 6. The zero-order valence-electron chi connectivity index (χ0n) is 19.3. The lowest BCUT2D eigenvalue weighted by molar-refractivity contribution is -0.147. The van der Waals surface area contributed by atoms with Crippen LogP contribution in [0.2, 0.25) is 0 Å². The average molecular weight is 507 g/mol. The Bertz CT molecular complexity index is 1240. The summed E-state index contributed by atoms with van der Waals surface area (Å²) in [5.74, 6) is -1.23.